The number of benzene rings is 3. The first-order valence-electron chi connectivity index (χ1n) is 8.79. The second-order valence-electron chi connectivity index (χ2n) is 6.51. The maximum atomic E-state index is 13.0. The molecular weight excluding hydrogens is 374 g/mol. The fourth-order valence-electron chi connectivity index (χ4n) is 2.74. The van der Waals surface area contributed by atoms with Crippen LogP contribution >= 0.6 is 11.6 Å². The molecule has 3 aromatic carbocycles. The number of carbonyl (C=O) groups is 2. The predicted octanol–water partition coefficient (Wildman–Crippen LogP) is 5.19. The maximum Gasteiger partial charge on any atom is 0.339 e. The number of esters is 1. The molecule has 0 fully saturated rings. The summed E-state index contributed by atoms with van der Waals surface area (Å²) < 4.78 is 5.63. The summed E-state index contributed by atoms with van der Waals surface area (Å²) in [6.07, 6.45) is -1.04. The topological polar surface area (TPSA) is 46.6 Å². The van der Waals surface area contributed by atoms with Crippen molar-refractivity contribution in [3.05, 3.63) is 101 Å². The van der Waals surface area contributed by atoms with Gasteiger partial charge in [-0.2, -0.15) is 0 Å². The molecule has 4 nitrogen and oxygen atoms in total. The number of ether oxygens (including phenoxy) is 1. The first-order valence-corrected chi connectivity index (χ1v) is 9.16. The molecule has 3 aromatic rings. The molecule has 142 valence electrons. The number of hydrogen-bond acceptors (Lipinski definition) is 4. The third kappa shape index (κ3) is 4.59. The summed E-state index contributed by atoms with van der Waals surface area (Å²) in [5.41, 5.74) is 2.39. The van der Waals surface area contributed by atoms with Crippen LogP contribution in [0.1, 0.15) is 32.4 Å². The molecule has 0 heterocycles. The van der Waals surface area contributed by atoms with Gasteiger partial charge in [0.1, 0.15) is 0 Å². The maximum absolute atomic E-state index is 13.0. The number of ketones is 1. The van der Waals surface area contributed by atoms with Crippen LogP contribution < -0.4 is 4.90 Å². The molecule has 0 spiro atoms. The van der Waals surface area contributed by atoms with Crippen molar-refractivity contribution in [2.45, 2.75) is 6.10 Å². The average Bonchev–Trinajstić information content (AvgIpc) is 2.72. The van der Waals surface area contributed by atoms with E-state index in [2.05, 4.69) is 0 Å². The predicted molar refractivity (Wildman–Crippen MR) is 111 cm³/mol. The lowest BCUT2D eigenvalue weighted by atomic mass is 9.99. The Kier molecular flexibility index (Phi) is 6.12. The van der Waals surface area contributed by atoms with Crippen molar-refractivity contribution in [1.29, 1.82) is 0 Å². The van der Waals surface area contributed by atoms with E-state index >= 15 is 0 Å². The minimum atomic E-state index is -1.04. The first kappa shape index (κ1) is 19.6. The zero-order valence-corrected chi connectivity index (χ0v) is 16.4. The largest absolute Gasteiger partial charge is 0.445 e. The van der Waals surface area contributed by atoms with Crippen molar-refractivity contribution < 1.29 is 14.3 Å². The van der Waals surface area contributed by atoms with Crippen molar-refractivity contribution in [3.8, 4) is 0 Å². The van der Waals surface area contributed by atoms with Gasteiger partial charge in [0, 0.05) is 35.9 Å². The minimum absolute atomic E-state index is 0.305. The molecule has 0 aliphatic heterocycles. The lowest BCUT2D eigenvalue weighted by Gasteiger charge is -2.18. The molecule has 28 heavy (non-hydrogen) atoms. The number of hydrogen-bond donors (Lipinski definition) is 0. The Labute approximate surface area is 169 Å². The highest BCUT2D eigenvalue weighted by atomic mass is 35.5. The van der Waals surface area contributed by atoms with Crippen LogP contribution in [-0.4, -0.2) is 25.8 Å². The molecule has 0 radical (unpaired) electrons. The van der Waals surface area contributed by atoms with E-state index in [1.54, 1.807) is 60.7 Å². The van der Waals surface area contributed by atoms with Gasteiger partial charge in [0.05, 0.1) is 5.56 Å². The van der Waals surface area contributed by atoms with Crippen LogP contribution in [0.5, 0.6) is 0 Å². The standard InChI is InChI=1S/C23H20ClNO3/c1-25(2)20-14-10-18(11-15-20)23(27)28-22(17-6-4-3-5-7-17)21(26)16-8-12-19(24)13-9-16/h3-15,22H,1-2H3/t22-/m1/s1. The van der Waals surface area contributed by atoms with Gasteiger partial charge in [-0.3, -0.25) is 4.79 Å². The second-order valence-corrected chi connectivity index (χ2v) is 6.94. The van der Waals surface area contributed by atoms with Gasteiger partial charge in [0.25, 0.3) is 0 Å². The van der Waals surface area contributed by atoms with E-state index in [-0.39, 0.29) is 5.78 Å². The summed E-state index contributed by atoms with van der Waals surface area (Å²) in [4.78, 5) is 27.7. The summed E-state index contributed by atoms with van der Waals surface area (Å²) in [6, 6.07) is 22.5. The number of Topliss-reactive ketones (excluding diaryl/α,β-unsaturated/α-hetero) is 1. The summed E-state index contributed by atoms with van der Waals surface area (Å²) in [7, 11) is 3.84. The van der Waals surface area contributed by atoms with Gasteiger partial charge in [-0.1, -0.05) is 41.9 Å². The van der Waals surface area contributed by atoms with E-state index in [0.717, 1.165) is 5.69 Å². The summed E-state index contributed by atoms with van der Waals surface area (Å²) in [5, 5.41) is 0.533. The molecular formula is C23H20ClNO3. The van der Waals surface area contributed by atoms with Gasteiger partial charge in [-0.25, -0.2) is 4.79 Å². The highest BCUT2D eigenvalue weighted by Crippen LogP contribution is 2.25. The van der Waals surface area contributed by atoms with Crippen LogP contribution in [-0.2, 0) is 4.74 Å². The average molecular weight is 394 g/mol. The molecule has 0 aliphatic rings. The normalized spacial score (nSPS) is 11.5. The minimum Gasteiger partial charge on any atom is -0.445 e. The van der Waals surface area contributed by atoms with Gasteiger partial charge in [-0.05, 0) is 48.5 Å². The van der Waals surface area contributed by atoms with Crippen molar-refractivity contribution in [2.24, 2.45) is 0 Å². The zero-order chi connectivity index (χ0) is 20.1. The van der Waals surface area contributed by atoms with E-state index in [4.69, 9.17) is 16.3 Å². The molecule has 0 aromatic heterocycles. The highest BCUT2D eigenvalue weighted by molar-refractivity contribution is 6.30. The van der Waals surface area contributed by atoms with Crippen molar-refractivity contribution in [2.75, 3.05) is 19.0 Å². The van der Waals surface area contributed by atoms with Crippen LogP contribution in [0.15, 0.2) is 78.9 Å². The Morgan fingerprint density at radius 3 is 1.96 bits per heavy atom. The van der Waals surface area contributed by atoms with Crippen LogP contribution in [0.2, 0.25) is 5.02 Å². The third-order valence-electron chi connectivity index (χ3n) is 4.31. The summed E-state index contributed by atoms with van der Waals surface area (Å²) in [5.74, 6) is -0.859. The Morgan fingerprint density at radius 2 is 1.39 bits per heavy atom. The lowest BCUT2D eigenvalue weighted by Crippen LogP contribution is -2.20. The Bertz CT molecular complexity index is 951. The molecule has 3 rings (SSSR count). The van der Waals surface area contributed by atoms with Gasteiger partial charge in [-0.15, -0.1) is 0 Å². The first-order chi connectivity index (χ1) is 13.5. The Morgan fingerprint density at radius 1 is 0.821 bits per heavy atom. The van der Waals surface area contributed by atoms with Crippen LogP contribution in [0.25, 0.3) is 0 Å². The molecule has 0 saturated carbocycles. The number of halogens is 1. The number of carbonyl (C=O) groups excluding carboxylic acids is 2. The fourth-order valence-corrected chi connectivity index (χ4v) is 2.86. The van der Waals surface area contributed by atoms with E-state index < -0.39 is 12.1 Å². The molecule has 0 amide bonds. The molecule has 0 saturated heterocycles. The van der Waals surface area contributed by atoms with Crippen molar-refractivity contribution in [3.63, 3.8) is 0 Å². The van der Waals surface area contributed by atoms with E-state index in [0.29, 0.717) is 21.7 Å². The second kappa shape index (κ2) is 8.72. The SMILES string of the molecule is CN(C)c1ccc(C(=O)O[C@@H](C(=O)c2ccc(Cl)cc2)c2ccccc2)cc1. The van der Waals surface area contributed by atoms with E-state index in [9.17, 15) is 9.59 Å². The molecule has 5 heteroatoms. The van der Waals surface area contributed by atoms with Crippen LogP contribution in [0.4, 0.5) is 5.69 Å². The van der Waals surface area contributed by atoms with Gasteiger partial charge < -0.3 is 9.64 Å². The fraction of sp³-hybridized carbons (Fsp3) is 0.130. The number of anilines is 1. The third-order valence-corrected chi connectivity index (χ3v) is 4.57. The molecule has 0 aliphatic carbocycles. The van der Waals surface area contributed by atoms with Crippen LogP contribution in [0, 0.1) is 0 Å². The summed E-state index contributed by atoms with van der Waals surface area (Å²) >= 11 is 5.91. The van der Waals surface area contributed by atoms with Crippen molar-refractivity contribution in [1.82, 2.24) is 0 Å². The van der Waals surface area contributed by atoms with Crippen molar-refractivity contribution >= 4 is 29.0 Å². The monoisotopic (exact) mass is 393 g/mol. The summed E-state index contributed by atoms with van der Waals surface area (Å²) in [6.45, 7) is 0. The molecule has 1 atom stereocenters. The molecule has 0 unspecified atom stereocenters. The lowest BCUT2D eigenvalue weighted by molar-refractivity contribution is 0.0280. The number of rotatable bonds is 6. The van der Waals surface area contributed by atoms with Crippen LogP contribution in [0.3, 0.4) is 0 Å². The van der Waals surface area contributed by atoms with Gasteiger partial charge >= 0.3 is 5.97 Å². The number of nitrogens with zero attached hydrogens (tertiary/aromatic N) is 1. The Balaban J connectivity index is 1.88. The highest BCUT2D eigenvalue weighted by Gasteiger charge is 2.26. The quantitative estimate of drug-likeness (QED) is 0.427. The van der Waals surface area contributed by atoms with E-state index in [1.165, 1.54) is 0 Å². The smallest absolute Gasteiger partial charge is 0.339 e. The van der Waals surface area contributed by atoms with E-state index in [1.807, 2.05) is 37.2 Å². The molecule has 0 N–H and O–H groups in total. The van der Waals surface area contributed by atoms with Gasteiger partial charge in [0.2, 0.25) is 5.78 Å². The molecule has 0 bridgehead atoms. The Hall–Kier alpha value is -3.11. The van der Waals surface area contributed by atoms with Gasteiger partial charge in [0.15, 0.2) is 6.10 Å². The zero-order valence-electron chi connectivity index (χ0n) is 15.6.